The summed E-state index contributed by atoms with van der Waals surface area (Å²) in [5, 5.41) is 18.7. The van der Waals surface area contributed by atoms with Gasteiger partial charge < -0.3 is 15.6 Å². The lowest BCUT2D eigenvalue weighted by atomic mass is 10.2. The Morgan fingerprint density at radius 3 is 2.70 bits per heavy atom. The minimum Gasteiger partial charge on any atom is -0.489 e. The van der Waals surface area contributed by atoms with Gasteiger partial charge in [0.1, 0.15) is 18.5 Å². The fraction of sp³-hybridized carbons (Fsp3) is 0.533. The van der Waals surface area contributed by atoms with Gasteiger partial charge in [0, 0.05) is 25.6 Å². The number of nitrogens with two attached hydrogens (primary N) is 1. The normalized spacial score (nSPS) is 12.4. The monoisotopic (exact) mass is 277 g/mol. The number of nitriles is 1. The van der Waals surface area contributed by atoms with Crippen molar-refractivity contribution < 1.29 is 9.84 Å². The Morgan fingerprint density at radius 2 is 2.10 bits per heavy atom. The van der Waals surface area contributed by atoms with Gasteiger partial charge in [0.25, 0.3) is 0 Å². The van der Waals surface area contributed by atoms with Crippen LogP contribution in [0.5, 0.6) is 5.75 Å². The molecule has 0 bridgehead atoms. The Kier molecular flexibility index (Phi) is 6.85. The van der Waals surface area contributed by atoms with Crippen molar-refractivity contribution in [1.82, 2.24) is 4.90 Å². The molecule has 1 atom stereocenters. The number of benzene rings is 1. The van der Waals surface area contributed by atoms with Crippen molar-refractivity contribution in [1.29, 1.82) is 5.26 Å². The van der Waals surface area contributed by atoms with E-state index in [1.807, 2.05) is 26.0 Å². The van der Waals surface area contributed by atoms with Crippen molar-refractivity contribution >= 4 is 5.69 Å². The smallest absolute Gasteiger partial charge is 0.142 e. The van der Waals surface area contributed by atoms with Crippen LogP contribution in [0.1, 0.15) is 20.3 Å². The average Bonchev–Trinajstić information content (AvgIpc) is 2.42. The minimum absolute atomic E-state index is 0.185. The number of hydrogen-bond acceptors (Lipinski definition) is 5. The van der Waals surface area contributed by atoms with Gasteiger partial charge in [-0.2, -0.15) is 5.26 Å². The van der Waals surface area contributed by atoms with Crippen molar-refractivity contribution in [3.63, 3.8) is 0 Å². The fourth-order valence-corrected chi connectivity index (χ4v) is 1.88. The van der Waals surface area contributed by atoms with Crippen molar-refractivity contribution in [2.45, 2.75) is 32.4 Å². The van der Waals surface area contributed by atoms with E-state index in [-0.39, 0.29) is 12.6 Å². The molecular formula is C15H23N3O2. The molecule has 110 valence electrons. The number of rotatable bonds is 8. The van der Waals surface area contributed by atoms with Gasteiger partial charge in [0.05, 0.1) is 11.8 Å². The van der Waals surface area contributed by atoms with Crippen LogP contribution in [-0.4, -0.2) is 41.8 Å². The lowest BCUT2D eigenvalue weighted by molar-refractivity contribution is 0.0586. The third kappa shape index (κ3) is 5.47. The van der Waals surface area contributed by atoms with Crippen LogP contribution in [0, 0.1) is 11.3 Å². The average molecular weight is 277 g/mol. The second-order valence-electron chi connectivity index (χ2n) is 5.00. The van der Waals surface area contributed by atoms with Crippen LogP contribution in [-0.2, 0) is 0 Å². The highest BCUT2D eigenvalue weighted by Crippen LogP contribution is 2.19. The van der Waals surface area contributed by atoms with Crippen LogP contribution in [0.4, 0.5) is 5.69 Å². The molecule has 0 aliphatic carbocycles. The highest BCUT2D eigenvalue weighted by Gasteiger charge is 2.15. The van der Waals surface area contributed by atoms with Crippen LogP contribution in [0.25, 0.3) is 0 Å². The maximum atomic E-state index is 10.0. The molecule has 0 spiro atoms. The van der Waals surface area contributed by atoms with E-state index >= 15 is 0 Å². The number of nitrogen functional groups attached to an aromatic ring is 1. The molecule has 1 unspecified atom stereocenters. The van der Waals surface area contributed by atoms with Crippen LogP contribution in [0.2, 0.25) is 0 Å². The summed E-state index contributed by atoms with van der Waals surface area (Å²) in [4.78, 5) is 2.06. The third-order valence-corrected chi connectivity index (χ3v) is 3.04. The van der Waals surface area contributed by atoms with Gasteiger partial charge in [0.2, 0.25) is 0 Å². The zero-order valence-electron chi connectivity index (χ0n) is 12.1. The SMILES string of the molecule is CC(C)N(CCC#N)CC(O)COc1ccccc1N. The molecule has 0 fully saturated rings. The summed E-state index contributed by atoms with van der Waals surface area (Å²) < 4.78 is 5.52. The second kappa shape index (κ2) is 8.41. The van der Waals surface area contributed by atoms with Crippen molar-refractivity contribution in [2.75, 3.05) is 25.4 Å². The number of nitrogens with zero attached hydrogens (tertiary/aromatic N) is 2. The summed E-state index contributed by atoms with van der Waals surface area (Å²) in [6, 6.07) is 9.61. The molecule has 5 heteroatoms. The largest absolute Gasteiger partial charge is 0.489 e. The highest BCUT2D eigenvalue weighted by molar-refractivity contribution is 5.51. The van der Waals surface area contributed by atoms with E-state index in [1.165, 1.54) is 0 Å². The molecule has 5 nitrogen and oxygen atoms in total. The van der Waals surface area contributed by atoms with Crippen LogP contribution in [0.15, 0.2) is 24.3 Å². The van der Waals surface area contributed by atoms with Gasteiger partial charge >= 0.3 is 0 Å². The van der Waals surface area contributed by atoms with Crippen molar-refractivity contribution in [2.24, 2.45) is 0 Å². The standard InChI is InChI=1S/C15H23N3O2/c1-12(2)18(9-5-8-16)10-13(19)11-20-15-7-4-3-6-14(15)17/h3-4,6-7,12-13,19H,5,9-11,17H2,1-2H3. The lowest BCUT2D eigenvalue weighted by Crippen LogP contribution is -2.40. The second-order valence-corrected chi connectivity index (χ2v) is 5.00. The Balaban J connectivity index is 2.44. The highest BCUT2D eigenvalue weighted by atomic mass is 16.5. The van der Waals surface area contributed by atoms with E-state index in [0.29, 0.717) is 30.9 Å². The number of aliphatic hydroxyl groups is 1. The van der Waals surface area contributed by atoms with E-state index in [2.05, 4.69) is 11.0 Å². The third-order valence-electron chi connectivity index (χ3n) is 3.04. The topological polar surface area (TPSA) is 82.5 Å². The molecule has 0 radical (unpaired) electrons. The van der Waals surface area contributed by atoms with Gasteiger partial charge in [-0.25, -0.2) is 0 Å². The van der Waals surface area contributed by atoms with Gasteiger partial charge in [0.15, 0.2) is 0 Å². The number of aliphatic hydroxyl groups excluding tert-OH is 1. The summed E-state index contributed by atoms with van der Waals surface area (Å²) in [6.07, 6.45) is -0.159. The molecule has 0 aromatic heterocycles. The first kappa shape index (κ1) is 16.3. The van der Waals surface area contributed by atoms with Gasteiger partial charge in [-0.05, 0) is 26.0 Å². The first-order valence-corrected chi connectivity index (χ1v) is 6.81. The lowest BCUT2D eigenvalue weighted by Gasteiger charge is -2.27. The maximum absolute atomic E-state index is 10.0. The van der Waals surface area contributed by atoms with E-state index in [4.69, 9.17) is 15.7 Å². The number of ether oxygens (including phenoxy) is 1. The molecule has 0 saturated heterocycles. The van der Waals surface area contributed by atoms with Gasteiger partial charge in [-0.15, -0.1) is 0 Å². The summed E-state index contributed by atoms with van der Waals surface area (Å²) in [7, 11) is 0. The van der Waals surface area contributed by atoms with Crippen LogP contribution < -0.4 is 10.5 Å². The molecule has 1 aromatic carbocycles. The predicted octanol–water partition coefficient (Wildman–Crippen LogP) is 1.63. The van der Waals surface area contributed by atoms with E-state index in [9.17, 15) is 5.11 Å². The molecule has 1 aromatic rings. The summed E-state index contributed by atoms with van der Waals surface area (Å²) in [5.74, 6) is 0.583. The summed E-state index contributed by atoms with van der Waals surface area (Å²) in [5.41, 5.74) is 6.33. The Morgan fingerprint density at radius 1 is 1.40 bits per heavy atom. The van der Waals surface area contributed by atoms with Crippen molar-refractivity contribution in [3.05, 3.63) is 24.3 Å². The molecule has 1 rings (SSSR count). The molecule has 0 heterocycles. The zero-order valence-corrected chi connectivity index (χ0v) is 12.1. The molecule has 0 amide bonds. The van der Waals surface area contributed by atoms with Crippen LogP contribution >= 0.6 is 0 Å². The summed E-state index contributed by atoms with van der Waals surface area (Å²) >= 11 is 0. The van der Waals surface area contributed by atoms with E-state index in [1.54, 1.807) is 12.1 Å². The number of anilines is 1. The molecule has 3 N–H and O–H groups in total. The zero-order chi connectivity index (χ0) is 15.0. The maximum Gasteiger partial charge on any atom is 0.142 e. The molecule has 0 aliphatic heterocycles. The predicted molar refractivity (Wildman–Crippen MR) is 79.3 cm³/mol. The Labute approximate surface area is 120 Å². The molecule has 0 saturated carbocycles. The van der Waals surface area contributed by atoms with Crippen molar-refractivity contribution in [3.8, 4) is 11.8 Å². The van der Waals surface area contributed by atoms with Crippen LogP contribution in [0.3, 0.4) is 0 Å². The molecule has 0 aliphatic rings. The summed E-state index contributed by atoms with van der Waals surface area (Å²) in [6.45, 7) is 5.40. The van der Waals surface area contributed by atoms with E-state index < -0.39 is 6.10 Å². The number of para-hydroxylation sites is 2. The first-order chi connectivity index (χ1) is 9.54. The van der Waals surface area contributed by atoms with E-state index in [0.717, 1.165) is 0 Å². The fourth-order valence-electron chi connectivity index (χ4n) is 1.88. The minimum atomic E-state index is -0.615. The first-order valence-electron chi connectivity index (χ1n) is 6.81. The van der Waals surface area contributed by atoms with Gasteiger partial charge in [-0.3, -0.25) is 4.90 Å². The Hall–Kier alpha value is -1.77. The molecular weight excluding hydrogens is 254 g/mol. The quantitative estimate of drug-likeness (QED) is 0.706. The Bertz CT molecular complexity index is 443. The molecule has 20 heavy (non-hydrogen) atoms. The van der Waals surface area contributed by atoms with Gasteiger partial charge in [-0.1, -0.05) is 12.1 Å². The number of hydrogen-bond donors (Lipinski definition) is 2.